The molecule has 0 aliphatic heterocycles. The summed E-state index contributed by atoms with van der Waals surface area (Å²) in [5.74, 6) is -0.373. The summed E-state index contributed by atoms with van der Waals surface area (Å²) >= 11 is 0. The Hall–Kier alpha value is -2.66. The van der Waals surface area contributed by atoms with Gasteiger partial charge in [-0.05, 0) is 23.6 Å². The van der Waals surface area contributed by atoms with E-state index in [0.717, 1.165) is 30.6 Å². The third-order valence-electron chi connectivity index (χ3n) is 5.45. The fourth-order valence-corrected chi connectivity index (χ4v) is 3.74. The fourth-order valence-electron chi connectivity index (χ4n) is 3.74. The van der Waals surface area contributed by atoms with Gasteiger partial charge in [-0.25, -0.2) is 4.79 Å². The molecule has 0 fully saturated rings. The maximum atomic E-state index is 13.5. The van der Waals surface area contributed by atoms with E-state index in [1.807, 2.05) is 73.7 Å². The zero-order valence-corrected chi connectivity index (χ0v) is 19.6. The summed E-state index contributed by atoms with van der Waals surface area (Å²) < 4.78 is 12.0. The summed E-state index contributed by atoms with van der Waals surface area (Å²) in [5.41, 5.74) is 1.60. The van der Waals surface area contributed by atoms with E-state index in [4.69, 9.17) is 9.47 Å². The van der Waals surface area contributed by atoms with E-state index in [2.05, 4.69) is 31.3 Å². The Morgan fingerprint density at radius 1 is 0.812 bits per heavy atom. The number of quaternary nitrogens is 1. The molecule has 4 nitrogen and oxygen atoms in total. The lowest BCUT2D eigenvalue weighted by Gasteiger charge is -2.32. The van der Waals surface area contributed by atoms with Crippen molar-refractivity contribution in [3.63, 3.8) is 0 Å². The van der Waals surface area contributed by atoms with Gasteiger partial charge in [-0.1, -0.05) is 91.0 Å². The topological polar surface area (TPSA) is 40.0 Å². The molecule has 0 amide bonds. The highest BCUT2D eigenvalue weighted by molar-refractivity contribution is 5.85. The summed E-state index contributed by atoms with van der Waals surface area (Å²) in [4.78, 5) is 14.8. The molecule has 0 bridgehead atoms. The van der Waals surface area contributed by atoms with Crippen molar-refractivity contribution in [3.05, 3.63) is 108 Å². The van der Waals surface area contributed by atoms with Crippen LogP contribution < -0.4 is 17.3 Å². The van der Waals surface area contributed by atoms with Crippen molar-refractivity contribution in [2.45, 2.75) is 18.9 Å². The van der Waals surface area contributed by atoms with Gasteiger partial charge in [0.15, 0.2) is 0 Å². The van der Waals surface area contributed by atoms with Crippen molar-refractivity contribution in [2.75, 3.05) is 33.4 Å². The molecular weight excluding hydrogens is 422 g/mol. The predicted molar refractivity (Wildman–Crippen MR) is 123 cm³/mol. The van der Waals surface area contributed by atoms with Crippen molar-refractivity contribution in [3.8, 4) is 0 Å². The maximum absolute atomic E-state index is 13.5. The number of halogens is 1. The lowest BCUT2D eigenvalue weighted by molar-refractivity contribution is -0.879. The minimum absolute atomic E-state index is 0. The number of carbonyl (C=O) groups is 1. The van der Waals surface area contributed by atoms with Crippen LogP contribution in [-0.2, 0) is 26.3 Å². The molecule has 3 rings (SSSR count). The fraction of sp³-hybridized carbons (Fsp3) is 0.296. The van der Waals surface area contributed by atoms with Gasteiger partial charge < -0.3 is 26.8 Å². The highest BCUT2D eigenvalue weighted by atomic mass is 35.5. The van der Waals surface area contributed by atoms with Crippen LogP contribution in [0.2, 0.25) is 0 Å². The molecule has 1 atom stereocenters. The lowest BCUT2D eigenvalue weighted by Crippen LogP contribution is -3.09. The quantitative estimate of drug-likeness (QED) is 0.424. The number of nitrogens with one attached hydrogen (secondary N) is 1. The second kappa shape index (κ2) is 13.0. The van der Waals surface area contributed by atoms with Gasteiger partial charge in [0.25, 0.3) is 0 Å². The van der Waals surface area contributed by atoms with Crippen LogP contribution in [0.15, 0.2) is 91.0 Å². The second-order valence-electron chi connectivity index (χ2n) is 7.67. The Morgan fingerprint density at radius 3 is 1.81 bits per heavy atom. The number of likely N-dealkylation sites (N-methyl/N-ethyl adjacent to an activating group) is 1. The lowest BCUT2D eigenvalue weighted by atomic mass is 9.86. The van der Waals surface area contributed by atoms with Gasteiger partial charge in [-0.3, -0.25) is 0 Å². The van der Waals surface area contributed by atoms with Gasteiger partial charge in [-0.2, -0.15) is 0 Å². The molecule has 0 radical (unpaired) electrons. The minimum Gasteiger partial charge on any atom is -1.00 e. The highest BCUT2D eigenvalue weighted by Gasteiger charge is 2.44. The summed E-state index contributed by atoms with van der Waals surface area (Å²) in [6, 6.07) is 29.6. The van der Waals surface area contributed by atoms with E-state index >= 15 is 0 Å². The molecule has 0 aliphatic carbocycles. The Morgan fingerprint density at radius 2 is 1.31 bits per heavy atom. The Bertz CT molecular complexity index is 880. The molecule has 32 heavy (non-hydrogen) atoms. The van der Waals surface area contributed by atoms with Crippen molar-refractivity contribution in [1.82, 2.24) is 0 Å². The number of benzene rings is 3. The first-order valence-corrected chi connectivity index (χ1v) is 10.9. The minimum atomic E-state index is -1.27. The first-order chi connectivity index (χ1) is 15.2. The van der Waals surface area contributed by atoms with Gasteiger partial charge in [-0.15, -0.1) is 0 Å². The van der Waals surface area contributed by atoms with E-state index in [1.54, 1.807) is 0 Å². The third kappa shape index (κ3) is 6.42. The van der Waals surface area contributed by atoms with Gasteiger partial charge >= 0.3 is 5.97 Å². The highest BCUT2D eigenvalue weighted by Crippen LogP contribution is 2.35. The number of rotatable bonds is 11. The molecule has 0 spiro atoms. The molecule has 3 aromatic carbocycles. The van der Waals surface area contributed by atoms with Gasteiger partial charge in [0.05, 0.1) is 13.6 Å². The van der Waals surface area contributed by atoms with Crippen LogP contribution in [0.5, 0.6) is 0 Å². The number of hydrogen-bond acceptors (Lipinski definition) is 3. The van der Waals surface area contributed by atoms with Crippen molar-refractivity contribution >= 4 is 5.97 Å². The SMILES string of the molecule is CCOC(C(=O)OCC[NH+](C)CCc1ccccc1)(c1ccccc1)c1ccccc1.[Cl-]. The van der Waals surface area contributed by atoms with Crippen LogP contribution >= 0.6 is 0 Å². The summed E-state index contributed by atoms with van der Waals surface area (Å²) in [6.07, 6.45) is 0.998. The summed E-state index contributed by atoms with van der Waals surface area (Å²) in [6.45, 7) is 4.35. The van der Waals surface area contributed by atoms with Crippen LogP contribution in [0.25, 0.3) is 0 Å². The molecule has 0 aliphatic rings. The molecule has 1 N–H and O–H groups in total. The van der Waals surface area contributed by atoms with Crippen molar-refractivity contribution in [1.29, 1.82) is 0 Å². The molecule has 1 unspecified atom stereocenters. The number of hydrogen-bond donors (Lipinski definition) is 1. The zero-order valence-electron chi connectivity index (χ0n) is 18.8. The summed E-state index contributed by atoms with van der Waals surface area (Å²) in [7, 11) is 2.13. The average molecular weight is 454 g/mol. The van der Waals surface area contributed by atoms with E-state index in [1.165, 1.54) is 10.5 Å². The van der Waals surface area contributed by atoms with Crippen molar-refractivity contribution < 1.29 is 31.6 Å². The first kappa shape index (κ1) is 25.6. The first-order valence-electron chi connectivity index (χ1n) is 10.9. The van der Waals surface area contributed by atoms with E-state index in [-0.39, 0.29) is 18.4 Å². The number of esters is 1. The summed E-state index contributed by atoms with van der Waals surface area (Å²) in [5, 5.41) is 0. The monoisotopic (exact) mass is 453 g/mol. The zero-order chi connectivity index (χ0) is 21.9. The smallest absolute Gasteiger partial charge is 0.348 e. The second-order valence-corrected chi connectivity index (χ2v) is 7.67. The van der Waals surface area contributed by atoms with Crippen LogP contribution in [0, 0.1) is 0 Å². The van der Waals surface area contributed by atoms with Crippen LogP contribution in [0.1, 0.15) is 23.6 Å². The molecule has 0 saturated heterocycles. The number of ether oxygens (including phenoxy) is 2. The van der Waals surface area contributed by atoms with Crippen LogP contribution in [0.3, 0.4) is 0 Å². The molecule has 170 valence electrons. The Kier molecular flexibility index (Phi) is 10.4. The van der Waals surface area contributed by atoms with Crippen LogP contribution in [0.4, 0.5) is 0 Å². The van der Waals surface area contributed by atoms with Gasteiger partial charge in [0.1, 0.15) is 13.2 Å². The normalized spacial score (nSPS) is 11.9. The van der Waals surface area contributed by atoms with Gasteiger partial charge in [0, 0.05) is 13.0 Å². The largest absolute Gasteiger partial charge is 1.00 e. The average Bonchev–Trinajstić information content (AvgIpc) is 2.83. The molecule has 0 aromatic heterocycles. The molecular formula is C27H32ClNO3. The molecule has 3 aromatic rings. The van der Waals surface area contributed by atoms with E-state index in [9.17, 15) is 4.79 Å². The van der Waals surface area contributed by atoms with E-state index in [0.29, 0.717) is 13.2 Å². The third-order valence-corrected chi connectivity index (χ3v) is 5.45. The van der Waals surface area contributed by atoms with Crippen LogP contribution in [-0.4, -0.2) is 39.3 Å². The Balaban J connectivity index is 0.00000363. The van der Waals surface area contributed by atoms with Gasteiger partial charge in [0.2, 0.25) is 5.60 Å². The predicted octanol–water partition coefficient (Wildman–Crippen LogP) is 0.271. The van der Waals surface area contributed by atoms with E-state index < -0.39 is 5.60 Å². The molecule has 0 heterocycles. The Labute approximate surface area is 197 Å². The molecule has 5 heteroatoms. The standard InChI is InChI=1S/C27H31NO3.ClH/c1-3-31-27(24-15-9-5-10-16-24,25-17-11-6-12-18-25)26(29)30-22-21-28(2)20-19-23-13-7-4-8-14-23;/h4-18H,3,19-22H2,1-2H3;1H. The molecule has 0 saturated carbocycles. The number of carbonyl (C=O) groups excluding carboxylic acids is 1. The van der Waals surface area contributed by atoms with Crippen molar-refractivity contribution in [2.24, 2.45) is 0 Å². The maximum Gasteiger partial charge on any atom is 0.348 e.